The molecule has 0 aliphatic carbocycles. The number of aromatic nitrogens is 2. The van der Waals surface area contributed by atoms with Crippen molar-refractivity contribution in [1.82, 2.24) is 9.78 Å². The van der Waals surface area contributed by atoms with Crippen molar-refractivity contribution >= 4 is 45.1 Å². The summed E-state index contributed by atoms with van der Waals surface area (Å²) in [6.07, 6.45) is 0. The summed E-state index contributed by atoms with van der Waals surface area (Å²) in [4.78, 5) is 0. The van der Waals surface area contributed by atoms with Gasteiger partial charge in [-0.15, -0.1) is 11.6 Å². The van der Waals surface area contributed by atoms with Crippen molar-refractivity contribution in [3.05, 3.63) is 28.0 Å². The molecular weight excluding hydrogens is 338 g/mol. The Balaban J connectivity index is 2.12. The Morgan fingerprint density at radius 2 is 2.12 bits per heavy atom. The number of halogens is 2. The molecule has 16 heavy (non-hydrogen) atoms. The SMILES string of the molecule is ClCCOCCn1nc(I)c2ccccc21. The number of ether oxygens (including phenoxy) is 1. The summed E-state index contributed by atoms with van der Waals surface area (Å²) in [5.41, 5.74) is 1.15. The first kappa shape index (κ1) is 12.1. The fourth-order valence-corrected chi connectivity index (χ4v) is 2.39. The van der Waals surface area contributed by atoms with Crippen LogP contribution < -0.4 is 0 Å². The van der Waals surface area contributed by atoms with Crippen LogP contribution in [0.4, 0.5) is 0 Å². The molecule has 1 heterocycles. The highest BCUT2D eigenvalue weighted by Gasteiger charge is 2.06. The summed E-state index contributed by atoms with van der Waals surface area (Å²) in [6.45, 7) is 2.01. The maximum atomic E-state index is 5.53. The van der Waals surface area contributed by atoms with E-state index in [1.165, 1.54) is 5.39 Å². The van der Waals surface area contributed by atoms with Gasteiger partial charge in [0.05, 0.1) is 25.3 Å². The van der Waals surface area contributed by atoms with Crippen LogP contribution in [-0.4, -0.2) is 28.9 Å². The lowest BCUT2D eigenvalue weighted by Crippen LogP contribution is -2.08. The maximum Gasteiger partial charge on any atom is 0.131 e. The minimum atomic E-state index is 0.539. The van der Waals surface area contributed by atoms with E-state index >= 15 is 0 Å². The predicted molar refractivity (Wildman–Crippen MR) is 74.0 cm³/mol. The monoisotopic (exact) mass is 350 g/mol. The van der Waals surface area contributed by atoms with Gasteiger partial charge in [-0.1, -0.05) is 18.2 Å². The Morgan fingerprint density at radius 3 is 2.94 bits per heavy atom. The summed E-state index contributed by atoms with van der Waals surface area (Å²) >= 11 is 7.79. The van der Waals surface area contributed by atoms with Crippen molar-refractivity contribution in [3.63, 3.8) is 0 Å². The van der Waals surface area contributed by atoms with Gasteiger partial charge in [-0.2, -0.15) is 5.10 Å². The normalized spacial score (nSPS) is 11.1. The van der Waals surface area contributed by atoms with Crippen LogP contribution in [0.1, 0.15) is 0 Å². The first-order valence-corrected chi connectivity index (χ1v) is 6.69. The van der Waals surface area contributed by atoms with E-state index in [1.54, 1.807) is 0 Å². The van der Waals surface area contributed by atoms with Crippen molar-refractivity contribution in [2.75, 3.05) is 19.1 Å². The van der Waals surface area contributed by atoms with Crippen LogP contribution in [-0.2, 0) is 11.3 Å². The van der Waals surface area contributed by atoms with Gasteiger partial charge >= 0.3 is 0 Å². The molecule has 5 heteroatoms. The highest BCUT2D eigenvalue weighted by Crippen LogP contribution is 2.19. The third kappa shape index (κ3) is 2.67. The fraction of sp³-hybridized carbons (Fsp3) is 0.364. The Hall–Kier alpha value is -0.330. The minimum absolute atomic E-state index is 0.539. The average Bonchev–Trinajstić information content (AvgIpc) is 2.63. The highest BCUT2D eigenvalue weighted by atomic mass is 127. The van der Waals surface area contributed by atoms with E-state index in [0.29, 0.717) is 19.1 Å². The van der Waals surface area contributed by atoms with Crippen LogP contribution in [0.15, 0.2) is 24.3 Å². The van der Waals surface area contributed by atoms with Gasteiger partial charge < -0.3 is 4.74 Å². The number of nitrogens with zero attached hydrogens (tertiary/aromatic N) is 2. The van der Waals surface area contributed by atoms with Gasteiger partial charge in [-0.05, 0) is 28.7 Å². The van der Waals surface area contributed by atoms with Crippen LogP contribution in [0.2, 0.25) is 0 Å². The van der Waals surface area contributed by atoms with Gasteiger partial charge in [-0.3, -0.25) is 4.68 Å². The molecule has 0 saturated heterocycles. The number of fused-ring (bicyclic) bond motifs is 1. The summed E-state index contributed by atoms with van der Waals surface area (Å²) in [5, 5.41) is 5.67. The second-order valence-corrected chi connectivity index (χ2v) is 4.73. The van der Waals surface area contributed by atoms with Gasteiger partial charge in [0.25, 0.3) is 0 Å². The largest absolute Gasteiger partial charge is 0.378 e. The Bertz CT molecular complexity index is 472. The lowest BCUT2D eigenvalue weighted by molar-refractivity contribution is 0.139. The maximum absolute atomic E-state index is 5.53. The van der Waals surface area contributed by atoms with E-state index in [2.05, 4.69) is 39.8 Å². The van der Waals surface area contributed by atoms with Crippen molar-refractivity contribution in [2.24, 2.45) is 0 Å². The molecule has 2 aromatic rings. The quantitative estimate of drug-likeness (QED) is 0.471. The van der Waals surface area contributed by atoms with E-state index in [9.17, 15) is 0 Å². The van der Waals surface area contributed by atoms with Crippen molar-refractivity contribution in [3.8, 4) is 0 Å². The second kappa shape index (κ2) is 5.84. The zero-order chi connectivity index (χ0) is 11.4. The molecule has 0 radical (unpaired) electrons. The van der Waals surface area contributed by atoms with Gasteiger partial charge in [0.2, 0.25) is 0 Å². The standard InChI is InChI=1S/C11H12ClIN2O/c12-5-7-16-8-6-15-10-4-2-1-3-9(10)11(13)14-15/h1-4H,5-8H2. The molecule has 86 valence electrons. The molecule has 0 fully saturated rings. The van der Waals surface area contributed by atoms with Gasteiger partial charge in [0, 0.05) is 11.3 Å². The van der Waals surface area contributed by atoms with Crippen LogP contribution in [0.25, 0.3) is 10.9 Å². The third-order valence-corrected chi connectivity index (χ3v) is 3.23. The number of benzene rings is 1. The molecular formula is C11H12ClIN2O. The van der Waals surface area contributed by atoms with E-state index in [1.807, 2.05) is 16.8 Å². The van der Waals surface area contributed by atoms with Crippen LogP contribution >= 0.6 is 34.2 Å². The molecule has 0 aliphatic heterocycles. The molecule has 0 N–H and O–H groups in total. The topological polar surface area (TPSA) is 27.1 Å². The van der Waals surface area contributed by atoms with E-state index in [0.717, 1.165) is 15.8 Å². The first-order chi connectivity index (χ1) is 7.83. The molecule has 0 bridgehead atoms. The van der Waals surface area contributed by atoms with Crippen LogP contribution in [0, 0.1) is 3.70 Å². The summed E-state index contributed by atoms with van der Waals surface area (Å²) in [7, 11) is 0. The van der Waals surface area contributed by atoms with Crippen LogP contribution in [0.5, 0.6) is 0 Å². The van der Waals surface area contributed by atoms with Crippen LogP contribution in [0.3, 0.4) is 0 Å². The Labute approximate surface area is 113 Å². The number of para-hydroxylation sites is 1. The molecule has 0 saturated carbocycles. The van der Waals surface area contributed by atoms with Crippen molar-refractivity contribution in [1.29, 1.82) is 0 Å². The molecule has 0 unspecified atom stereocenters. The highest BCUT2D eigenvalue weighted by molar-refractivity contribution is 14.1. The van der Waals surface area contributed by atoms with Gasteiger partial charge in [-0.25, -0.2) is 0 Å². The molecule has 0 spiro atoms. The second-order valence-electron chi connectivity index (χ2n) is 3.33. The zero-order valence-electron chi connectivity index (χ0n) is 8.70. The Kier molecular flexibility index (Phi) is 4.43. The smallest absolute Gasteiger partial charge is 0.131 e. The third-order valence-electron chi connectivity index (χ3n) is 2.28. The predicted octanol–water partition coefficient (Wildman–Crippen LogP) is 2.90. The molecule has 0 atom stereocenters. The zero-order valence-corrected chi connectivity index (χ0v) is 11.6. The number of alkyl halides is 1. The lowest BCUT2D eigenvalue weighted by Gasteiger charge is -2.03. The van der Waals surface area contributed by atoms with E-state index < -0.39 is 0 Å². The summed E-state index contributed by atoms with van der Waals surface area (Å²) < 4.78 is 8.36. The minimum Gasteiger partial charge on any atom is -0.378 e. The van der Waals surface area contributed by atoms with Gasteiger partial charge in [0.15, 0.2) is 0 Å². The van der Waals surface area contributed by atoms with E-state index in [-0.39, 0.29) is 0 Å². The average molecular weight is 351 g/mol. The lowest BCUT2D eigenvalue weighted by atomic mass is 10.3. The number of hydrogen-bond donors (Lipinski definition) is 0. The Morgan fingerprint density at radius 1 is 1.31 bits per heavy atom. The molecule has 1 aromatic carbocycles. The first-order valence-electron chi connectivity index (χ1n) is 5.07. The molecule has 3 nitrogen and oxygen atoms in total. The van der Waals surface area contributed by atoms with E-state index in [4.69, 9.17) is 16.3 Å². The summed E-state index contributed by atoms with van der Waals surface area (Å²) in [6, 6.07) is 8.21. The number of rotatable bonds is 5. The molecule has 0 aliphatic rings. The van der Waals surface area contributed by atoms with Gasteiger partial charge in [0.1, 0.15) is 3.70 Å². The van der Waals surface area contributed by atoms with Crippen molar-refractivity contribution < 1.29 is 4.74 Å². The molecule has 2 rings (SSSR count). The number of hydrogen-bond acceptors (Lipinski definition) is 2. The molecule has 0 amide bonds. The fourth-order valence-electron chi connectivity index (χ4n) is 1.56. The van der Waals surface area contributed by atoms with Crippen molar-refractivity contribution in [2.45, 2.75) is 6.54 Å². The summed E-state index contributed by atoms with van der Waals surface area (Å²) in [5.74, 6) is 0.539. The molecule has 1 aromatic heterocycles.